The van der Waals surface area contributed by atoms with Gasteiger partial charge in [0, 0.05) is 6.42 Å². The number of aliphatic hydroxyl groups excluding tert-OH is 3. The summed E-state index contributed by atoms with van der Waals surface area (Å²) in [5, 5.41) is 26.9. The van der Waals surface area contributed by atoms with Crippen molar-refractivity contribution in [2.75, 3.05) is 6.61 Å². The van der Waals surface area contributed by atoms with Crippen molar-refractivity contribution in [1.29, 1.82) is 0 Å². The maximum Gasteiger partial charge on any atom is 0.0746 e. The molecule has 12 heavy (non-hydrogen) atoms. The van der Waals surface area contributed by atoms with Gasteiger partial charge in [-0.05, 0) is 6.42 Å². The Bertz CT molecular complexity index is 123. The van der Waals surface area contributed by atoms with Gasteiger partial charge in [0.05, 0.1) is 18.8 Å². The molecule has 0 aliphatic heterocycles. The Kier molecular flexibility index (Phi) is 7.05. The average molecular weight is 174 g/mol. The van der Waals surface area contributed by atoms with Crippen LogP contribution < -0.4 is 0 Å². The molecule has 0 aromatic rings. The Morgan fingerprint density at radius 2 is 2.00 bits per heavy atom. The SMILES string of the molecule is CCC[C@H](O)C[C@H](O)/C=C/CO. The van der Waals surface area contributed by atoms with Gasteiger partial charge in [0.15, 0.2) is 0 Å². The molecular weight excluding hydrogens is 156 g/mol. The van der Waals surface area contributed by atoms with Crippen molar-refractivity contribution in [1.82, 2.24) is 0 Å². The summed E-state index contributed by atoms with van der Waals surface area (Å²) >= 11 is 0. The average Bonchev–Trinajstić information content (AvgIpc) is 2.01. The zero-order valence-electron chi connectivity index (χ0n) is 7.48. The van der Waals surface area contributed by atoms with E-state index in [0.29, 0.717) is 12.8 Å². The molecule has 0 aliphatic rings. The van der Waals surface area contributed by atoms with E-state index in [1.807, 2.05) is 6.92 Å². The highest BCUT2D eigenvalue weighted by atomic mass is 16.3. The Morgan fingerprint density at radius 3 is 2.50 bits per heavy atom. The van der Waals surface area contributed by atoms with Crippen LogP contribution in [-0.4, -0.2) is 34.1 Å². The summed E-state index contributed by atoms with van der Waals surface area (Å²) in [6, 6.07) is 0. The van der Waals surface area contributed by atoms with Crippen LogP contribution in [0.1, 0.15) is 26.2 Å². The fourth-order valence-corrected chi connectivity index (χ4v) is 1.03. The van der Waals surface area contributed by atoms with Gasteiger partial charge in [-0.2, -0.15) is 0 Å². The molecule has 3 heteroatoms. The third kappa shape index (κ3) is 6.34. The third-order valence-electron chi connectivity index (χ3n) is 1.60. The van der Waals surface area contributed by atoms with E-state index >= 15 is 0 Å². The molecule has 2 atom stereocenters. The zero-order chi connectivity index (χ0) is 9.40. The second kappa shape index (κ2) is 7.28. The first kappa shape index (κ1) is 11.6. The molecule has 0 saturated carbocycles. The van der Waals surface area contributed by atoms with Crippen LogP contribution >= 0.6 is 0 Å². The molecule has 0 amide bonds. The predicted octanol–water partition coefficient (Wildman–Crippen LogP) is 0.447. The molecule has 0 fully saturated rings. The van der Waals surface area contributed by atoms with Gasteiger partial charge in [0.25, 0.3) is 0 Å². The van der Waals surface area contributed by atoms with Crippen molar-refractivity contribution in [3.8, 4) is 0 Å². The molecule has 0 rings (SSSR count). The van der Waals surface area contributed by atoms with E-state index < -0.39 is 12.2 Å². The first-order valence-electron chi connectivity index (χ1n) is 4.34. The summed E-state index contributed by atoms with van der Waals surface area (Å²) in [4.78, 5) is 0. The molecule has 0 aliphatic carbocycles. The van der Waals surface area contributed by atoms with Gasteiger partial charge in [-0.1, -0.05) is 25.5 Å². The van der Waals surface area contributed by atoms with Crippen molar-refractivity contribution >= 4 is 0 Å². The highest BCUT2D eigenvalue weighted by molar-refractivity contribution is 4.89. The van der Waals surface area contributed by atoms with Gasteiger partial charge >= 0.3 is 0 Å². The summed E-state index contributed by atoms with van der Waals surface area (Å²) in [5.74, 6) is 0. The van der Waals surface area contributed by atoms with Gasteiger partial charge in [0.2, 0.25) is 0 Å². The lowest BCUT2D eigenvalue weighted by molar-refractivity contribution is 0.0969. The van der Waals surface area contributed by atoms with Crippen molar-refractivity contribution in [3.05, 3.63) is 12.2 Å². The van der Waals surface area contributed by atoms with Crippen molar-refractivity contribution in [3.63, 3.8) is 0 Å². The molecule has 0 saturated heterocycles. The number of hydrogen-bond donors (Lipinski definition) is 3. The Balaban J connectivity index is 3.53. The summed E-state index contributed by atoms with van der Waals surface area (Å²) < 4.78 is 0. The molecular formula is C9H18O3. The first-order chi connectivity index (χ1) is 5.70. The van der Waals surface area contributed by atoms with E-state index in [0.717, 1.165) is 6.42 Å². The Hall–Kier alpha value is -0.380. The molecule has 0 aromatic heterocycles. The minimum atomic E-state index is -0.640. The van der Waals surface area contributed by atoms with Crippen LogP contribution in [-0.2, 0) is 0 Å². The molecule has 0 aromatic carbocycles. The molecule has 0 unspecified atom stereocenters. The van der Waals surface area contributed by atoms with Crippen LogP contribution in [0.2, 0.25) is 0 Å². The van der Waals surface area contributed by atoms with Crippen molar-refractivity contribution < 1.29 is 15.3 Å². The highest BCUT2D eigenvalue weighted by Gasteiger charge is 2.07. The lowest BCUT2D eigenvalue weighted by Crippen LogP contribution is -2.15. The number of hydrogen-bond acceptors (Lipinski definition) is 3. The normalized spacial score (nSPS) is 16.7. The van der Waals surface area contributed by atoms with Gasteiger partial charge < -0.3 is 15.3 Å². The van der Waals surface area contributed by atoms with Crippen LogP contribution in [0.5, 0.6) is 0 Å². The summed E-state index contributed by atoms with van der Waals surface area (Å²) in [6.07, 6.45) is 3.88. The van der Waals surface area contributed by atoms with E-state index in [9.17, 15) is 10.2 Å². The van der Waals surface area contributed by atoms with Crippen molar-refractivity contribution in [2.45, 2.75) is 38.4 Å². The van der Waals surface area contributed by atoms with Gasteiger partial charge in [-0.3, -0.25) is 0 Å². The summed E-state index contributed by atoms with van der Waals surface area (Å²) in [7, 11) is 0. The first-order valence-corrected chi connectivity index (χ1v) is 4.34. The summed E-state index contributed by atoms with van der Waals surface area (Å²) in [5.41, 5.74) is 0. The second-order valence-corrected chi connectivity index (χ2v) is 2.86. The smallest absolute Gasteiger partial charge is 0.0746 e. The van der Waals surface area contributed by atoms with E-state index in [1.54, 1.807) is 0 Å². The monoisotopic (exact) mass is 174 g/mol. The summed E-state index contributed by atoms with van der Waals surface area (Å²) in [6.45, 7) is 1.92. The van der Waals surface area contributed by atoms with E-state index in [2.05, 4.69) is 0 Å². The van der Waals surface area contributed by atoms with Crippen LogP contribution in [0.25, 0.3) is 0 Å². The Morgan fingerprint density at radius 1 is 1.33 bits per heavy atom. The van der Waals surface area contributed by atoms with Gasteiger partial charge in [-0.15, -0.1) is 0 Å². The second-order valence-electron chi connectivity index (χ2n) is 2.86. The minimum absolute atomic E-state index is 0.0685. The fraction of sp³-hybridized carbons (Fsp3) is 0.778. The molecule has 0 bridgehead atoms. The zero-order valence-corrected chi connectivity index (χ0v) is 7.48. The lowest BCUT2D eigenvalue weighted by Gasteiger charge is -2.11. The molecule has 3 nitrogen and oxygen atoms in total. The van der Waals surface area contributed by atoms with E-state index in [1.165, 1.54) is 12.2 Å². The fourth-order valence-electron chi connectivity index (χ4n) is 1.03. The standard InChI is InChI=1S/C9H18O3/c1-2-4-8(11)7-9(12)5-3-6-10/h3,5,8-12H,2,4,6-7H2,1H3/b5-3+/t8-,9+/m0/s1. The highest BCUT2D eigenvalue weighted by Crippen LogP contribution is 2.05. The molecule has 0 radical (unpaired) electrons. The third-order valence-corrected chi connectivity index (χ3v) is 1.60. The maximum absolute atomic E-state index is 9.26. The molecule has 72 valence electrons. The minimum Gasteiger partial charge on any atom is -0.393 e. The predicted molar refractivity (Wildman–Crippen MR) is 47.8 cm³/mol. The quantitative estimate of drug-likeness (QED) is 0.512. The lowest BCUT2D eigenvalue weighted by atomic mass is 10.1. The topological polar surface area (TPSA) is 60.7 Å². The van der Waals surface area contributed by atoms with Crippen LogP contribution in [0, 0.1) is 0 Å². The van der Waals surface area contributed by atoms with Crippen LogP contribution in [0.15, 0.2) is 12.2 Å². The van der Waals surface area contributed by atoms with E-state index in [-0.39, 0.29) is 6.61 Å². The molecule has 0 heterocycles. The number of aliphatic hydroxyl groups is 3. The van der Waals surface area contributed by atoms with Gasteiger partial charge in [-0.25, -0.2) is 0 Å². The van der Waals surface area contributed by atoms with Crippen molar-refractivity contribution in [2.24, 2.45) is 0 Å². The largest absolute Gasteiger partial charge is 0.393 e. The Labute approximate surface area is 73.4 Å². The van der Waals surface area contributed by atoms with Gasteiger partial charge in [0.1, 0.15) is 0 Å². The number of rotatable bonds is 6. The van der Waals surface area contributed by atoms with Crippen LogP contribution in [0.3, 0.4) is 0 Å². The van der Waals surface area contributed by atoms with E-state index in [4.69, 9.17) is 5.11 Å². The maximum atomic E-state index is 9.26. The van der Waals surface area contributed by atoms with Crippen LogP contribution in [0.4, 0.5) is 0 Å². The molecule has 3 N–H and O–H groups in total. The molecule has 0 spiro atoms.